The zero-order chi connectivity index (χ0) is 12.4. The highest BCUT2D eigenvalue weighted by Crippen LogP contribution is 2.19. The molecule has 0 spiro atoms. The third-order valence-corrected chi connectivity index (χ3v) is 2.42. The van der Waals surface area contributed by atoms with Crippen molar-refractivity contribution in [3.05, 3.63) is 29.8 Å². The Balaban J connectivity index is 2.50. The zero-order valence-corrected chi connectivity index (χ0v) is 9.62. The second-order valence-corrected chi connectivity index (χ2v) is 3.95. The molecule has 0 saturated heterocycles. The van der Waals surface area contributed by atoms with E-state index in [1.807, 2.05) is 19.9 Å². The number of nitrogen functional groups attached to an aromatic ring is 1. The van der Waals surface area contributed by atoms with Crippen LogP contribution in [0.3, 0.4) is 0 Å². The van der Waals surface area contributed by atoms with Crippen molar-refractivity contribution >= 4 is 5.69 Å². The Bertz CT molecular complexity index is 578. The predicted octanol–water partition coefficient (Wildman–Crippen LogP) is 1.24. The topological polar surface area (TPSA) is 93.4 Å². The van der Waals surface area contributed by atoms with Gasteiger partial charge in [-0.1, -0.05) is 19.1 Å². The van der Waals surface area contributed by atoms with Crippen LogP contribution >= 0.6 is 0 Å². The van der Waals surface area contributed by atoms with E-state index in [1.165, 1.54) is 6.20 Å². The molecular formula is C11H12N6. The van der Waals surface area contributed by atoms with Gasteiger partial charge in [0.2, 0.25) is 0 Å². The first-order chi connectivity index (χ1) is 8.13. The molecule has 6 nitrogen and oxygen atoms in total. The van der Waals surface area contributed by atoms with E-state index < -0.39 is 0 Å². The molecule has 0 radical (unpaired) electrons. The average molecular weight is 228 g/mol. The summed E-state index contributed by atoms with van der Waals surface area (Å²) in [6.45, 7) is 4.07. The van der Waals surface area contributed by atoms with Crippen molar-refractivity contribution in [2.45, 2.75) is 19.8 Å². The molecule has 17 heavy (non-hydrogen) atoms. The van der Waals surface area contributed by atoms with Crippen LogP contribution in [-0.2, 0) is 0 Å². The molecule has 2 aromatic rings. The monoisotopic (exact) mass is 228 g/mol. The number of hydrogen-bond donors (Lipinski definition) is 1. The van der Waals surface area contributed by atoms with Crippen molar-refractivity contribution in [1.29, 1.82) is 5.26 Å². The van der Waals surface area contributed by atoms with E-state index in [0.717, 1.165) is 5.69 Å². The fraction of sp³-hybridized carbons (Fsp3) is 0.273. The molecule has 0 aliphatic rings. The SMILES string of the molecule is CC(C)c1cn(-c2ccnc(C#N)c2N)nn1. The van der Waals surface area contributed by atoms with Crippen LogP contribution in [0.1, 0.15) is 31.2 Å². The highest BCUT2D eigenvalue weighted by Gasteiger charge is 2.11. The fourth-order valence-electron chi connectivity index (χ4n) is 1.41. The third kappa shape index (κ3) is 1.95. The van der Waals surface area contributed by atoms with Crippen LogP contribution in [0.25, 0.3) is 5.69 Å². The lowest BCUT2D eigenvalue weighted by atomic mass is 10.1. The maximum absolute atomic E-state index is 8.85. The summed E-state index contributed by atoms with van der Waals surface area (Å²) in [6.07, 6.45) is 3.33. The number of nitrogens with two attached hydrogens (primary N) is 1. The van der Waals surface area contributed by atoms with E-state index in [4.69, 9.17) is 11.0 Å². The number of anilines is 1. The number of pyridine rings is 1. The van der Waals surface area contributed by atoms with Crippen molar-refractivity contribution in [2.75, 3.05) is 5.73 Å². The van der Waals surface area contributed by atoms with Gasteiger partial charge < -0.3 is 5.73 Å². The molecule has 2 rings (SSSR count). The van der Waals surface area contributed by atoms with Crippen LogP contribution < -0.4 is 5.73 Å². The van der Waals surface area contributed by atoms with Crippen molar-refractivity contribution in [3.8, 4) is 11.8 Å². The lowest BCUT2D eigenvalue weighted by Gasteiger charge is -2.04. The number of nitriles is 1. The molecule has 2 aromatic heterocycles. The summed E-state index contributed by atoms with van der Waals surface area (Å²) >= 11 is 0. The smallest absolute Gasteiger partial charge is 0.165 e. The standard InChI is InChI=1S/C11H12N6/c1-7(2)9-6-17(16-15-9)10-3-4-14-8(5-12)11(10)13/h3-4,6-7H,13H2,1-2H3. The molecule has 0 amide bonds. The molecule has 0 aliphatic heterocycles. The molecule has 0 saturated carbocycles. The van der Waals surface area contributed by atoms with E-state index in [1.54, 1.807) is 16.9 Å². The second-order valence-electron chi connectivity index (χ2n) is 3.95. The predicted molar refractivity (Wildman–Crippen MR) is 62.4 cm³/mol. The van der Waals surface area contributed by atoms with Crippen LogP contribution in [-0.4, -0.2) is 20.0 Å². The van der Waals surface area contributed by atoms with Gasteiger partial charge in [-0.2, -0.15) is 5.26 Å². The number of nitrogens with zero attached hydrogens (tertiary/aromatic N) is 5. The largest absolute Gasteiger partial charge is 0.395 e. The first kappa shape index (κ1) is 11.1. The Hall–Kier alpha value is -2.42. The van der Waals surface area contributed by atoms with Crippen molar-refractivity contribution in [1.82, 2.24) is 20.0 Å². The van der Waals surface area contributed by atoms with Gasteiger partial charge in [-0.15, -0.1) is 5.10 Å². The Labute approximate surface area is 98.7 Å². The lowest BCUT2D eigenvalue weighted by molar-refractivity contribution is 0.776. The molecule has 6 heteroatoms. The summed E-state index contributed by atoms with van der Waals surface area (Å²) in [6, 6.07) is 3.64. The van der Waals surface area contributed by atoms with Gasteiger partial charge in [0, 0.05) is 6.20 Å². The third-order valence-electron chi connectivity index (χ3n) is 2.42. The van der Waals surface area contributed by atoms with Gasteiger partial charge in [0.1, 0.15) is 6.07 Å². The Morgan fingerprint density at radius 2 is 2.24 bits per heavy atom. The van der Waals surface area contributed by atoms with Crippen LogP contribution in [0.5, 0.6) is 0 Å². The van der Waals surface area contributed by atoms with Crippen molar-refractivity contribution in [3.63, 3.8) is 0 Å². The van der Waals surface area contributed by atoms with Crippen LogP contribution in [0.2, 0.25) is 0 Å². The summed E-state index contributed by atoms with van der Waals surface area (Å²) < 4.78 is 1.56. The Morgan fingerprint density at radius 3 is 2.82 bits per heavy atom. The van der Waals surface area contributed by atoms with E-state index >= 15 is 0 Å². The molecule has 2 heterocycles. The first-order valence-electron chi connectivity index (χ1n) is 5.20. The minimum atomic E-state index is 0.198. The molecule has 0 aliphatic carbocycles. The molecule has 0 unspecified atom stereocenters. The van der Waals surface area contributed by atoms with Gasteiger partial charge in [-0.05, 0) is 12.0 Å². The van der Waals surface area contributed by atoms with Gasteiger partial charge >= 0.3 is 0 Å². The Kier molecular flexibility index (Phi) is 2.75. The molecule has 0 fully saturated rings. The molecule has 0 atom stereocenters. The molecule has 0 aromatic carbocycles. The van der Waals surface area contributed by atoms with Crippen LogP contribution in [0.15, 0.2) is 18.5 Å². The van der Waals surface area contributed by atoms with Crippen LogP contribution in [0, 0.1) is 11.3 Å². The van der Waals surface area contributed by atoms with E-state index in [0.29, 0.717) is 17.3 Å². The molecule has 0 bridgehead atoms. The summed E-state index contributed by atoms with van der Waals surface area (Å²) in [4.78, 5) is 3.88. The van der Waals surface area contributed by atoms with Crippen molar-refractivity contribution in [2.24, 2.45) is 0 Å². The lowest BCUT2D eigenvalue weighted by Crippen LogP contribution is -2.03. The van der Waals surface area contributed by atoms with Gasteiger partial charge in [0.05, 0.1) is 23.3 Å². The normalized spacial score (nSPS) is 10.5. The number of rotatable bonds is 2. The van der Waals surface area contributed by atoms with Gasteiger partial charge in [-0.25, -0.2) is 9.67 Å². The minimum absolute atomic E-state index is 0.198. The minimum Gasteiger partial charge on any atom is -0.395 e. The molecule has 2 N–H and O–H groups in total. The Morgan fingerprint density at radius 1 is 1.47 bits per heavy atom. The molecule has 86 valence electrons. The molecular weight excluding hydrogens is 216 g/mol. The van der Waals surface area contributed by atoms with E-state index in [9.17, 15) is 0 Å². The summed E-state index contributed by atoms with van der Waals surface area (Å²) in [5.41, 5.74) is 7.85. The fourth-order valence-corrected chi connectivity index (χ4v) is 1.41. The maximum Gasteiger partial charge on any atom is 0.165 e. The summed E-state index contributed by atoms with van der Waals surface area (Å²) in [5, 5.41) is 16.9. The van der Waals surface area contributed by atoms with E-state index in [-0.39, 0.29) is 5.69 Å². The second kappa shape index (κ2) is 4.22. The van der Waals surface area contributed by atoms with Gasteiger partial charge in [0.15, 0.2) is 5.69 Å². The first-order valence-corrected chi connectivity index (χ1v) is 5.20. The number of hydrogen-bond acceptors (Lipinski definition) is 5. The average Bonchev–Trinajstić information content (AvgIpc) is 2.78. The highest BCUT2D eigenvalue weighted by atomic mass is 15.4. The number of aromatic nitrogens is 4. The summed E-state index contributed by atoms with van der Waals surface area (Å²) in [7, 11) is 0. The van der Waals surface area contributed by atoms with E-state index in [2.05, 4.69) is 15.3 Å². The maximum atomic E-state index is 8.85. The van der Waals surface area contributed by atoms with Crippen LogP contribution in [0.4, 0.5) is 5.69 Å². The van der Waals surface area contributed by atoms with Gasteiger partial charge in [0.25, 0.3) is 0 Å². The van der Waals surface area contributed by atoms with Crippen molar-refractivity contribution < 1.29 is 0 Å². The summed E-state index contributed by atoms with van der Waals surface area (Å²) in [5.74, 6) is 0.294. The zero-order valence-electron chi connectivity index (χ0n) is 9.62. The van der Waals surface area contributed by atoms with Gasteiger partial charge in [-0.3, -0.25) is 0 Å². The highest BCUT2D eigenvalue weighted by molar-refractivity contribution is 5.63. The quantitative estimate of drug-likeness (QED) is 0.834.